The molecule has 0 bridgehead atoms. The molecule has 1 aromatic heterocycles. The van der Waals surface area contributed by atoms with E-state index >= 15 is 0 Å². The molecule has 1 saturated heterocycles. The first-order valence-corrected chi connectivity index (χ1v) is 8.55. The molecule has 0 radical (unpaired) electrons. The quantitative estimate of drug-likeness (QED) is 0.887. The van der Waals surface area contributed by atoms with Crippen molar-refractivity contribution in [3.05, 3.63) is 29.6 Å². The zero-order chi connectivity index (χ0) is 18.0. The largest absolute Gasteiger partial charge is 0.325 e. The fourth-order valence-electron chi connectivity index (χ4n) is 2.99. The first-order valence-electron chi connectivity index (χ1n) is 8.55. The number of hydrogen-bond donors (Lipinski definition) is 1. The molecule has 3 rings (SSSR count). The molecule has 0 spiro atoms. The van der Waals surface area contributed by atoms with Crippen LogP contribution in [-0.4, -0.2) is 75.2 Å². The third-order valence-corrected chi connectivity index (χ3v) is 4.80. The number of amides is 1. The Morgan fingerprint density at radius 3 is 2.56 bits per heavy atom. The molecule has 8 nitrogen and oxygen atoms in total. The Bertz CT molecular complexity index is 749. The van der Waals surface area contributed by atoms with Crippen LogP contribution >= 0.6 is 0 Å². The van der Waals surface area contributed by atoms with Gasteiger partial charge in [-0.2, -0.15) is 4.68 Å². The number of aromatic nitrogens is 4. The van der Waals surface area contributed by atoms with E-state index in [4.69, 9.17) is 0 Å². The van der Waals surface area contributed by atoms with Crippen LogP contribution in [0.4, 0.5) is 5.69 Å². The standard InChI is InChI=1S/C17H25N7O/c1-12-5-6-15(11-16(12)24-14(3)19-20-21-24)18-17(25)13(2)23-9-7-22(4)8-10-23/h5-6,11,13H,7-10H2,1-4H3,(H,18,25). The van der Waals surface area contributed by atoms with Gasteiger partial charge in [-0.3, -0.25) is 9.69 Å². The Hall–Kier alpha value is -2.32. The summed E-state index contributed by atoms with van der Waals surface area (Å²) in [7, 11) is 2.11. The molecule has 1 N–H and O–H groups in total. The Morgan fingerprint density at radius 2 is 1.92 bits per heavy atom. The number of tetrazole rings is 1. The molecular formula is C17H25N7O. The molecule has 1 aliphatic rings. The number of carbonyl (C=O) groups is 1. The minimum absolute atomic E-state index is 0.00722. The maximum atomic E-state index is 12.6. The second-order valence-corrected chi connectivity index (χ2v) is 6.64. The predicted octanol–water partition coefficient (Wildman–Crippen LogP) is 0.854. The van der Waals surface area contributed by atoms with Crippen molar-refractivity contribution in [1.29, 1.82) is 0 Å². The average molecular weight is 343 g/mol. The molecule has 0 saturated carbocycles. The molecule has 1 amide bonds. The summed E-state index contributed by atoms with van der Waals surface area (Å²) in [5, 5.41) is 14.7. The summed E-state index contributed by atoms with van der Waals surface area (Å²) in [4.78, 5) is 17.1. The molecule has 1 atom stereocenters. The van der Waals surface area contributed by atoms with Crippen molar-refractivity contribution in [2.45, 2.75) is 26.8 Å². The SMILES string of the molecule is Cc1ccc(NC(=O)C(C)N2CCN(C)CC2)cc1-n1nnnc1C. The Morgan fingerprint density at radius 1 is 1.20 bits per heavy atom. The lowest BCUT2D eigenvalue weighted by molar-refractivity contribution is -0.121. The van der Waals surface area contributed by atoms with Crippen LogP contribution < -0.4 is 5.32 Å². The zero-order valence-corrected chi connectivity index (χ0v) is 15.2. The molecular weight excluding hydrogens is 318 g/mol. The average Bonchev–Trinajstić information content (AvgIpc) is 3.02. The first-order chi connectivity index (χ1) is 12.0. The van der Waals surface area contributed by atoms with Gasteiger partial charge in [0.05, 0.1) is 11.7 Å². The monoisotopic (exact) mass is 343 g/mol. The summed E-state index contributed by atoms with van der Waals surface area (Å²) in [6.45, 7) is 9.61. The van der Waals surface area contributed by atoms with Crippen LogP contribution in [0, 0.1) is 13.8 Å². The minimum atomic E-state index is -0.159. The highest BCUT2D eigenvalue weighted by atomic mass is 16.2. The van der Waals surface area contributed by atoms with E-state index in [2.05, 4.69) is 37.7 Å². The molecule has 1 aliphatic heterocycles. The van der Waals surface area contributed by atoms with Crippen LogP contribution in [0.3, 0.4) is 0 Å². The number of aryl methyl sites for hydroxylation is 2. The van der Waals surface area contributed by atoms with Gasteiger partial charge in [0.2, 0.25) is 5.91 Å². The molecule has 25 heavy (non-hydrogen) atoms. The normalized spacial score (nSPS) is 17.4. The van der Waals surface area contributed by atoms with Crippen molar-refractivity contribution in [1.82, 2.24) is 30.0 Å². The number of piperazine rings is 1. The molecule has 134 valence electrons. The van der Waals surface area contributed by atoms with Gasteiger partial charge in [0.15, 0.2) is 5.82 Å². The van der Waals surface area contributed by atoms with Crippen molar-refractivity contribution < 1.29 is 4.79 Å². The van der Waals surface area contributed by atoms with E-state index < -0.39 is 0 Å². The Balaban J connectivity index is 1.72. The number of nitrogens with zero attached hydrogens (tertiary/aromatic N) is 6. The summed E-state index contributed by atoms with van der Waals surface area (Å²) in [6.07, 6.45) is 0. The highest BCUT2D eigenvalue weighted by molar-refractivity contribution is 5.94. The maximum Gasteiger partial charge on any atom is 0.241 e. The van der Waals surface area contributed by atoms with Crippen molar-refractivity contribution in [3.8, 4) is 5.69 Å². The van der Waals surface area contributed by atoms with Gasteiger partial charge >= 0.3 is 0 Å². The van der Waals surface area contributed by atoms with Gasteiger partial charge in [-0.25, -0.2) is 0 Å². The van der Waals surface area contributed by atoms with Gasteiger partial charge in [-0.05, 0) is 55.9 Å². The summed E-state index contributed by atoms with van der Waals surface area (Å²) >= 11 is 0. The highest BCUT2D eigenvalue weighted by Crippen LogP contribution is 2.20. The van der Waals surface area contributed by atoms with Gasteiger partial charge in [0.25, 0.3) is 0 Å². The molecule has 1 aromatic carbocycles. The number of nitrogens with one attached hydrogen (secondary N) is 1. The number of hydrogen-bond acceptors (Lipinski definition) is 6. The molecule has 1 fully saturated rings. The topological polar surface area (TPSA) is 79.2 Å². The van der Waals surface area contributed by atoms with Crippen molar-refractivity contribution in [2.24, 2.45) is 0 Å². The summed E-state index contributed by atoms with van der Waals surface area (Å²) in [5.74, 6) is 0.713. The fourth-order valence-corrected chi connectivity index (χ4v) is 2.99. The first kappa shape index (κ1) is 17.5. The van der Waals surface area contributed by atoms with Gasteiger partial charge in [0, 0.05) is 31.9 Å². The highest BCUT2D eigenvalue weighted by Gasteiger charge is 2.24. The second kappa shape index (κ2) is 7.28. The Kier molecular flexibility index (Phi) is 5.10. The minimum Gasteiger partial charge on any atom is -0.325 e. The predicted molar refractivity (Wildman–Crippen MR) is 95.8 cm³/mol. The number of anilines is 1. The molecule has 0 aliphatic carbocycles. The van der Waals surface area contributed by atoms with Crippen LogP contribution in [0.2, 0.25) is 0 Å². The van der Waals surface area contributed by atoms with E-state index in [9.17, 15) is 4.79 Å². The van der Waals surface area contributed by atoms with E-state index in [1.54, 1.807) is 4.68 Å². The van der Waals surface area contributed by atoms with Crippen LogP contribution in [0.15, 0.2) is 18.2 Å². The van der Waals surface area contributed by atoms with Crippen LogP contribution in [-0.2, 0) is 4.79 Å². The van der Waals surface area contributed by atoms with E-state index in [1.807, 2.05) is 39.0 Å². The zero-order valence-electron chi connectivity index (χ0n) is 15.2. The number of rotatable bonds is 4. The lowest BCUT2D eigenvalue weighted by Gasteiger charge is -2.35. The number of carbonyl (C=O) groups excluding carboxylic acids is 1. The van der Waals surface area contributed by atoms with Gasteiger partial charge in [-0.1, -0.05) is 6.07 Å². The van der Waals surface area contributed by atoms with Gasteiger partial charge in [0.1, 0.15) is 0 Å². The molecule has 2 aromatic rings. The van der Waals surface area contributed by atoms with E-state index in [-0.39, 0.29) is 11.9 Å². The summed E-state index contributed by atoms with van der Waals surface area (Å²) in [5.41, 5.74) is 2.66. The summed E-state index contributed by atoms with van der Waals surface area (Å²) in [6, 6.07) is 5.63. The van der Waals surface area contributed by atoms with Gasteiger partial charge in [-0.15, -0.1) is 5.10 Å². The molecule has 1 unspecified atom stereocenters. The van der Waals surface area contributed by atoms with E-state index in [1.165, 1.54) is 0 Å². The third-order valence-electron chi connectivity index (χ3n) is 4.80. The van der Waals surface area contributed by atoms with Crippen LogP contribution in [0.5, 0.6) is 0 Å². The van der Waals surface area contributed by atoms with Crippen molar-refractivity contribution in [3.63, 3.8) is 0 Å². The van der Waals surface area contributed by atoms with E-state index in [0.717, 1.165) is 43.1 Å². The lowest BCUT2D eigenvalue weighted by Crippen LogP contribution is -2.51. The second-order valence-electron chi connectivity index (χ2n) is 6.64. The van der Waals surface area contributed by atoms with Crippen LogP contribution in [0.1, 0.15) is 18.3 Å². The number of likely N-dealkylation sites (N-methyl/N-ethyl adjacent to an activating group) is 1. The Labute approximate surface area is 147 Å². The van der Waals surface area contributed by atoms with Crippen LogP contribution in [0.25, 0.3) is 5.69 Å². The van der Waals surface area contributed by atoms with Gasteiger partial charge < -0.3 is 10.2 Å². The summed E-state index contributed by atoms with van der Waals surface area (Å²) < 4.78 is 1.68. The maximum absolute atomic E-state index is 12.6. The fraction of sp³-hybridized carbons (Fsp3) is 0.529. The molecule has 8 heteroatoms. The number of benzene rings is 1. The lowest BCUT2D eigenvalue weighted by atomic mass is 10.1. The smallest absolute Gasteiger partial charge is 0.241 e. The van der Waals surface area contributed by atoms with E-state index in [0.29, 0.717) is 5.82 Å². The third kappa shape index (κ3) is 3.85. The van der Waals surface area contributed by atoms with Crippen molar-refractivity contribution >= 4 is 11.6 Å². The van der Waals surface area contributed by atoms with Crippen molar-refractivity contribution in [2.75, 3.05) is 38.5 Å². The molecule has 2 heterocycles.